The first-order valence-corrected chi connectivity index (χ1v) is 14.2. The van der Waals surface area contributed by atoms with Gasteiger partial charge in [0, 0.05) is 43.2 Å². The van der Waals surface area contributed by atoms with Crippen molar-refractivity contribution in [3.63, 3.8) is 0 Å². The summed E-state index contributed by atoms with van der Waals surface area (Å²) >= 11 is 0. The van der Waals surface area contributed by atoms with E-state index in [1.165, 1.54) is 12.0 Å². The number of benzene rings is 2. The highest BCUT2D eigenvalue weighted by atomic mass is 16.5. The Kier molecular flexibility index (Phi) is 9.19. The number of fused-ring (bicyclic) bond motifs is 5. The van der Waals surface area contributed by atoms with E-state index in [1.807, 2.05) is 44.2 Å². The molecular formula is C31H37N5O6. The Morgan fingerprint density at radius 1 is 1.10 bits per heavy atom. The van der Waals surface area contributed by atoms with Gasteiger partial charge in [0.1, 0.15) is 5.75 Å². The molecule has 0 unspecified atom stereocenters. The van der Waals surface area contributed by atoms with Gasteiger partial charge in [0.05, 0.1) is 32.4 Å². The van der Waals surface area contributed by atoms with E-state index in [2.05, 4.69) is 20.2 Å². The van der Waals surface area contributed by atoms with Gasteiger partial charge < -0.3 is 34.4 Å². The van der Waals surface area contributed by atoms with Gasteiger partial charge in [-0.1, -0.05) is 12.1 Å². The largest absolute Gasteiger partial charge is 0.493 e. The van der Waals surface area contributed by atoms with Crippen molar-refractivity contribution in [1.29, 1.82) is 0 Å². The van der Waals surface area contributed by atoms with Crippen molar-refractivity contribution in [2.45, 2.75) is 45.4 Å². The SMILES string of the molecule is COc1ccc2cc1Oc1cccc(c1)CO[C@H]1CCN(c3nc(C)cc(C)n3)C[C@@H]1NC(=O)CN(CCCO)C2=O. The summed E-state index contributed by atoms with van der Waals surface area (Å²) in [5.74, 6) is 1.37. The molecule has 1 fully saturated rings. The number of carbonyl (C=O) groups excluding carboxylic acids is 2. The lowest BCUT2D eigenvalue weighted by Gasteiger charge is -2.39. The number of hydrogen-bond donors (Lipinski definition) is 2. The highest BCUT2D eigenvalue weighted by molar-refractivity contribution is 5.97. The molecule has 42 heavy (non-hydrogen) atoms. The van der Waals surface area contributed by atoms with E-state index in [9.17, 15) is 14.7 Å². The van der Waals surface area contributed by atoms with Crippen LogP contribution in [0.3, 0.4) is 0 Å². The number of ether oxygens (including phenoxy) is 3. The van der Waals surface area contributed by atoms with Crippen LogP contribution in [0.15, 0.2) is 48.5 Å². The van der Waals surface area contributed by atoms with E-state index < -0.39 is 0 Å². The first-order valence-electron chi connectivity index (χ1n) is 14.2. The van der Waals surface area contributed by atoms with Crippen molar-refractivity contribution in [3.8, 4) is 17.2 Å². The fourth-order valence-electron chi connectivity index (χ4n) is 5.34. The second-order valence-electron chi connectivity index (χ2n) is 10.6. The van der Waals surface area contributed by atoms with E-state index in [1.54, 1.807) is 18.2 Å². The summed E-state index contributed by atoms with van der Waals surface area (Å²) in [6, 6.07) is 14.0. The third-order valence-corrected chi connectivity index (χ3v) is 7.36. The molecule has 2 aromatic carbocycles. The van der Waals surface area contributed by atoms with E-state index in [0.29, 0.717) is 61.3 Å². The summed E-state index contributed by atoms with van der Waals surface area (Å²) in [4.78, 5) is 39.8. The molecule has 0 saturated carbocycles. The van der Waals surface area contributed by atoms with Crippen molar-refractivity contribution < 1.29 is 28.9 Å². The average molecular weight is 576 g/mol. The highest BCUT2D eigenvalue weighted by Crippen LogP contribution is 2.33. The zero-order chi connectivity index (χ0) is 29.6. The standard InChI is InChI=1S/C31H37N5O6/c1-20-14-21(2)33-31(32-20)36-12-10-26-25(17-36)34-29(38)18-35(11-5-13-37)30(39)23-8-9-27(40-3)28(16-23)42-24-7-4-6-22(15-24)19-41-26/h4,6-9,14-16,25-26,37H,5,10-13,17-19H2,1-3H3,(H,34,38)/t25-,26-/m0/s1. The van der Waals surface area contributed by atoms with Gasteiger partial charge in [-0.2, -0.15) is 0 Å². The minimum Gasteiger partial charge on any atom is -0.493 e. The third-order valence-electron chi connectivity index (χ3n) is 7.36. The number of aliphatic hydroxyl groups excluding tert-OH is 1. The summed E-state index contributed by atoms with van der Waals surface area (Å²) in [5, 5.41) is 12.6. The first-order chi connectivity index (χ1) is 20.3. The van der Waals surface area contributed by atoms with Crippen LogP contribution in [0, 0.1) is 13.8 Å². The third kappa shape index (κ3) is 6.97. The van der Waals surface area contributed by atoms with Crippen LogP contribution >= 0.6 is 0 Å². The molecule has 222 valence electrons. The quantitative estimate of drug-likeness (QED) is 0.472. The molecule has 1 saturated heterocycles. The Bertz CT molecular complexity index is 1410. The summed E-state index contributed by atoms with van der Waals surface area (Å²) in [7, 11) is 1.53. The van der Waals surface area contributed by atoms with Gasteiger partial charge in [-0.3, -0.25) is 9.59 Å². The van der Waals surface area contributed by atoms with Crippen LogP contribution in [0.4, 0.5) is 5.95 Å². The molecule has 0 spiro atoms. The van der Waals surface area contributed by atoms with Crippen molar-refractivity contribution in [2.75, 3.05) is 44.8 Å². The average Bonchev–Trinajstić information content (AvgIpc) is 2.97. The Hall–Kier alpha value is -4.22. The van der Waals surface area contributed by atoms with Gasteiger partial charge in [0.2, 0.25) is 11.9 Å². The number of aromatic nitrogens is 2. The monoisotopic (exact) mass is 575 g/mol. The Labute approximate surface area is 245 Å². The number of nitrogens with one attached hydrogen (secondary N) is 1. The number of amides is 2. The predicted octanol–water partition coefficient (Wildman–Crippen LogP) is 3.01. The molecule has 3 aromatic rings. The van der Waals surface area contributed by atoms with Gasteiger partial charge in [-0.05, 0) is 68.7 Å². The van der Waals surface area contributed by atoms with Crippen LogP contribution in [0.1, 0.15) is 40.2 Å². The number of rotatable bonds is 5. The predicted molar refractivity (Wildman–Crippen MR) is 156 cm³/mol. The summed E-state index contributed by atoms with van der Waals surface area (Å²) in [6.07, 6.45) is 0.702. The molecule has 0 radical (unpaired) electrons. The zero-order valence-corrected chi connectivity index (χ0v) is 24.2. The maximum Gasteiger partial charge on any atom is 0.254 e. The van der Waals surface area contributed by atoms with E-state index in [-0.39, 0.29) is 43.7 Å². The Morgan fingerprint density at radius 3 is 2.67 bits per heavy atom. The maximum atomic E-state index is 13.6. The summed E-state index contributed by atoms with van der Waals surface area (Å²) in [6.45, 7) is 5.24. The molecular weight excluding hydrogens is 538 g/mol. The van der Waals surface area contributed by atoms with Crippen LogP contribution in [0.25, 0.3) is 0 Å². The fraction of sp³-hybridized carbons (Fsp3) is 0.419. The van der Waals surface area contributed by atoms with E-state index in [4.69, 9.17) is 14.2 Å². The lowest BCUT2D eigenvalue weighted by molar-refractivity contribution is -0.124. The molecule has 2 N–H and O–H groups in total. The van der Waals surface area contributed by atoms with E-state index in [0.717, 1.165) is 17.0 Å². The molecule has 4 bridgehead atoms. The van der Waals surface area contributed by atoms with Crippen LogP contribution in [-0.2, 0) is 16.1 Å². The lowest BCUT2D eigenvalue weighted by atomic mass is 10.0. The number of aryl methyl sites for hydroxylation is 2. The fourth-order valence-corrected chi connectivity index (χ4v) is 5.34. The van der Waals surface area contributed by atoms with Crippen molar-refractivity contribution >= 4 is 17.8 Å². The van der Waals surface area contributed by atoms with Gasteiger partial charge >= 0.3 is 0 Å². The number of piperidine rings is 1. The summed E-state index contributed by atoms with van der Waals surface area (Å²) < 4.78 is 18.0. The molecule has 3 heterocycles. The van der Waals surface area contributed by atoms with Crippen LogP contribution in [0.2, 0.25) is 0 Å². The van der Waals surface area contributed by atoms with Gasteiger partial charge in [-0.25, -0.2) is 9.97 Å². The number of carbonyl (C=O) groups is 2. The minimum absolute atomic E-state index is 0.109. The smallest absolute Gasteiger partial charge is 0.254 e. The molecule has 0 aliphatic carbocycles. The lowest BCUT2D eigenvalue weighted by Crippen LogP contribution is -2.58. The molecule has 1 aromatic heterocycles. The van der Waals surface area contributed by atoms with Gasteiger partial charge in [0.15, 0.2) is 11.5 Å². The van der Waals surface area contributed by atoms with Crippen molar-refractivity contribution in [1.82, 2.24) is 20.2 Å². The Balaban J connectivity index is 1.47. The molecule has 2 amide bonds. The minimum atomic E-state index is -0.370. The molecule has 11 heteroatoms. The van der Waals surface area contributed by atoms with Crippen LogP contribution in [0.5, 0.6) is 17.2 Å². The number of methoxy groups -OCH3 is 1. The van der Waals surface area contributed by atoms with Crippen molar-refractivity contribution in [3.05, 3.63) is 71.0 Å². The second-order valence-corrected chi connectivity index (χ2v) is 10.6. The van der Waals surface area contributed by atoms with Crippen LogP contribution in [-0.4, -0.2) is 83.8 Å². The van der Waals surface area contributed by atoms with Gasteiger partial charge in [-0.15, -0.1) is 0 Å². The Morgan fingerprint density at radius 2 is 1.90 bits per heavy atom. The number of anilines is 1. The molecule has 2 atom stereocenters. The number of hydrogen-bond acceptors (Lipinski definition) is 9. The second kappa shape index (κ2) is 13.2. The van der Waals surface area contributed by atoms with Crippen LogP contribution < -0.4 is 19.7 Å². The molecule has 2 aliphatic rings. The first kappa shape index (κ1) is 29.3. The van der Waals surface area contributed by atoms with E-state index >= 15 is 0 Å². The zero-order valence-electron chi connectivity index (χ0n) is 24.2. The van der Waals surface area contributed by atoms with Gasteiger partial charge in [0.25, 0.3) is 5.91 Å². The number of nitrogens with zero attached hydrogens (tertiary/aromatic N) is 4. The molecule has 11 nitrogen and oxygen atoms in total. The molecule has 2 aliphatic heterocycles. The van der Waals surface area contributed by atoms with Crippen molar-refractivity contribution in [2.24, 2.45) is 0 Å². The maximum absolute atomic E-state index is 13.6. The summed E-state index contributed by atoms with van der Waals surface area (Å²) in [5.41, 5.74) is 3.00. The number of aliphatic hydroxyl groups is 1. The molecule has 5 rings (SSSR count). The highest BCUT2D eigenvalue weighted by Gasteiger charge is 2.33. The normalized spacial score (nSPS) is 19.5. The topological polar surface area (TPSA) is 126 Å².